The predicted octanol–water partition coefficient (Wildman–Crippen LogP) is 3.16. The van der Waals surface area contributed by atoms with Crippen molar-refractivity contribution in [3.05, 3.63) is 71.8 Å². The highest BCUT2D eigenvalue weighted by atomic mass is 16.3. The van der Waals surface area contributed by atoms with Crippen LogP contribution in [0.2, 0.25) is 0 Å². The molecule has 2 aromatic rings. The lowest BCUT2D eigenvalue weighted by molar-refractivity contribution is -0.135. The largest absolute Gasteiger partial charge is 0.394 e. The molecule has 1 N–H and O–H groups in total. The molecule has 0 spiro atoms. The number of aliphatic hydroxyl groups is 1. The summed E-state index contributed by atoms with van der Waals surface area (Å²) in [6.07, 6.45) is 0.427. The SMILES string of the molecule is CCC(=O)N(Cc1ccccc1)[C@H](CO)c1ccccc1. The zero-order valence-corrected chi connectivity index (χ0v) is 12.3. The van der Waals surface area contributed by atoms with Gasteiger partial charge in [-0.05, 0) is 11.1 Å². The Morgan fingerprint density at radius 1 is 1.05 bits per heavy atom. The second kappa shape index (κ2) is 7.60. The zero-order valence-electron chi connectivity index (χ0n) is 12.3. The van der Waals surface area contributed by atoms with Crippen LogP contribution in [0.1, 0.15) is 30.5 Å². The summed E-state index contributed by atoms with van der Waals surface area (Å²) in [5.74, 6) is 0.0433. The van der Waals surface area contributed by atoms with E-state index in [9.17, 15) is 9.90 Å². The van der Waals surface area contributed by atoms with E-state index in [1.165, 1.54) is 0 Å². The molecule has 0 saturated heterocycles. The first-order valence-corrected chi connectivity index (χ1v) is 7.25. The third kappa shape index (κ3) is 3.92. The number of hydrogen-bond acceptors (Lipinski definition) is 2. The normalized spacial score (nSPS) is 11.9. The van der Waals surface area contributed by atoms with Gasteiger partial charge in [0.15, 0.2) is 0 Å². The smallest absolute Gasteiger partial charge is 0.223 e. The van der Waals surface area contributed by atoms with Gasteiger partial charge in [-0.2, -0.15) is 0 Å². The molecule has 0 bridgehead atoms. The Bertz CT molecular complexity index is 554. The van der Waals surface area contributed by atoms with Gasteiger partial charge in [0.05, 0.1) is 12.6 Å². The van der Waals surface area contributed by atoms with E-state index in [1.54, 1.807) is 4.90 Å². The first-order chi connectivity index (χ1) is 10.3. The van der Waals surface area contributed by atoms with Crippen LogP contribution >= 0.6 is 0 Å². The minimum Gasteiger partial charge on any atom is -0.394 e. The van der Waals surface area contributed by atoms with Gasteiger partial charge in [0.1, 0.15) is 0 Å². The number of rotatable bonds is 6. The molecule has 2 rings (SSSR count). The Labute approximate surface area is 125 Å². The molecule has 0 aromatic heterocycles. The van der Waals surface area contributed by atoms with Crippen LogP contribution in [0.25, 0.3) is 0 Å². The summed E-state index contributed by atoms with van der Waals surface area (Å²) in [4.78, 5) is 14.1. The molecule has 2 aromatic carbocycles. The van der Waals surface area contributed by atoms with Gasteiger partial charge in [0, 0.05) is 13.0 Å². The summed E-state index contributed by atoms with van der Waals surface area (Å²) in [6, 6.07) is 19.2. The maximum Gasteiger partial charge on any atom is 0.223 e. The second-order valence-corrected chi connectivity index (χ2v) is 4.97. The third-order valence-corrected chi connectivity index (χ3v) is 3.55. The number of carbonyl (C=O) groups excluding carboxylic acids is 1. The molecule has 0 radical (unpaired) electrons. The van der Waals surface area contributed by atoms with Crippen LogP contribution in [0, 0.1) is 0 Å². The molecule has 0 aliphatic heterocycles. The van der Waals surface area contributed by atoms with E-state index in [-0.39, 0.29) is 18.6 Å². The summed E-state index contributed by atoms with van der Waals surface area (Å²) < 4.78 is 0. The third-order valence-electron chi connectivity index (χ3n) is 3.55. The lowest BCUT2D eigenvalue weighted by Gasteiger charge is -2.31. The average molecular weight is 283 g/mol. The first kappa shape index (κ1) is 15.3. The Morgan fingerprint density at radius 3 is 2.14 bits per heavy atom. The molecule has 0 saturated carbocycles. The van der Waals surface area contributed by atoms with Gasteiger partial charge in [-0.1, -0.05) is 67.6 Å². The lowest BCUT2D eigenvalue weighted by atomic mass is 10.0. The molecular weight excluding hydrogens is 262 g/mol. The maximum atomic E-state index is 12.3. The number of carbonyl (C=O) groups is 1. The van der Waals surface area contributed by atoms with Gasteiger partial charge >= 0.3 is 0 Å². The summed E-state index contributed by atoms with van der Waals surface area (Å²) in [5, 5.41) is 9.78. The molecule has 0 unspecified atom stereocenters. The topological polar surface area (TPSA) is 40.5 Å². The number of benzene rings is 2. The summed E-state index contributed by atoms with van der Waals surface area (Å²) >= 11 is 0. The highest BCUT2D eigenvalue weighted by Crippen LogP contribution is 2.23. The van der Waals surface area contributed by atoms with Crippen LogP contribution in [0.5, 0.6) is 0 Å². The van der Waals surface area contributed by atoms with E-state index in [4.69, 9.17) is 0 Å². The fourth-order valence-corrected chi connectivity index (χ4v) is 2.41. The van der Waals surface area contributed by atoms with Crippen molar-refractivity contribution in [2.45, 2.75) is 25.9 Å². The molecule has 3 nitrogen and oxygen atoms in total. The molecule has 110 valence electrons. The Balaban J connectivity index is 2.28. The van der Waals surface area contributed by atoms with Crippen molar-refractivity contribution >= 4 is 5.91 Å². The van der Waals surface area contributed by atoms with E-state index in [0.29, 0.717) is 13.0 Å². The van der Waals surface area contributed by atoms with Crippen molar-refractivity contribution in [2.75, 3.05) is 6.61 Å². The molecule has 1 amide bonds. The van der Waals surface area contributed by atoms with Gasteiger partial charge < -0.3 is 10.0 Å². The van der Waals surface area contributed by atoms with Crippen molar-refractivity contribution in [1.82, 2.24) is 4.90 Å². The number of aliphatic hydroxyl groups excluding tert-OH is 1. The van der Waals surface area contributed by atoms with E-state index in [2.05, 4.69) is 0 Å². The van der Waals surface area contributed by atoms with E-state index < -0.39 is 0 Å². The first-order valence-electron chi connectivity index (χ1n) is 7.25. The lowest BCUT2D eigenvalue weighted by Crippen LogP contribution is -2.35. The van der Waals surface area contributed by atoms with Crippen LogP contribution in [0.3, 0.4) is 0 Å². The van der Waals surface area contributed by atoms with Crippen molar-refractivity contribution < 1.29 is 9.90 Å². The van der Waals surface area contributed by atoms with E-state index >= 15 is 0 Å². The van der Waals surface area contributed by atoms with Crippen LogP contribution < -0.4 is 0 Å². The zero-order chi connectivity index (χ0) is 15.1. The van der Waals surface area contributed by atoms with Crippen LogP contribution in [0.4, 0.5) is 0 Å². The van der Waals surface area contributed by atoms with Gasteiger partial charge in [0.2, 0.25) is 5.91 Å². The standard InChI is InChI=1S/C18H21NO2/c1-2-18(21)19(13-15-9-5-3-6-10-15)17(14-20)16-11-7-4-8-12-16/h3-12,17,20H,2,13-14H2,1H3/t17-/m1/s1. The fraction of sp³-hybridized carbons (Fsp3) is 0.278. The molecular formula is C18H21NO2. The second-order valence-electron chi connectivity index (χ2n) is 4.97. The molecule has 3 heteroatoms. The number of amides is 1. The highest BCUT2D eigenvalue weighted by molar-refractivity contribution is 5.76. The predicted molar refractivity (Wildman–Crippen MR) is 83.6 cm³/mol. The van der Waals surface area contributed by atoms with Gasteiger partial charge in [-0.15, -0.1) is 0 Å². The highest BCUT2D eigenvalue weighted by Gasteiger charge is 2.23. The summed E-state index contributed by atoms with van der Waals surface area (Å²) in [7, 11) is 0. The van der Waals surface area contributed by atoms with Crippen molar-refractivity contribution in [3.8, 4) is 0 Å². The molecule has 0 fully saturated rings. The average Bonchev–Trinajstić information content (AvgIpc) is 2.56. The van der Waals surface area contributed by atoms with E-state index in [1.807, 2.05) is 67.6 Å². The fourth-order valence-electron chi connectivity index (χ4n) is 2.41. The minimum absolute atomic E-state index is 0.0433. The summed E-state index contributed by atoms with van der Waals surface area (Å²) in [5.41, 5.74) is 2.02. The molecule has 0 aliphatic rings. The Hall–Kier alpha value is -2.13. The van der Waals surface area contributed by atoms with Gasteiger partial charge in [-0.3, -0.25) is 4.79 Å². The van der Waals surface area contributed by atoms with Crippen molar-refractivity contribution in [2.24, 2.45) is 0 Å². The van der Waals surface area contributed by atoms with Crippen LogP contribution in [-0.2, 0) is 11.3 Å². The molecule has 0 aliphatic carbocycles. The van der Waals surface area contributed by atoms with Gasteiger partial charge in [0.25, 0.3) is 0 Å². The van der Waals surface area contributed by atoms with Crippen molar-refractivity contribution in [3.63, 3.8) is 0 Å². The van der Waals surface area contributed by atoms with Gasteiger partial charge in [-0.25, -0.2) is 0 Å². The van der Waals surface area contributed by atoms with Crippen molar-refractivity contribution in [1.29, 1.82) is 0 Å². The minimum atomic E-state index is -0.307. The number of nitrogens with zero attached hydrogens (tertiary/aromatic N) is 1. The van der Waals surface area contributed by atoms with Crippen LogP contribution in [-0.4, -0.2) is 22.5 Å². The summed E-state index contributed by atoms with van der Waals surface area (Å²) in [6.45, 7) is 2.27. The number of hydrogen-bond donors (Lipinski definition) is 1. The molecule has 0 heterocycles. The van der Waals surface area contributed by atoms with Crippen LogP contribution in [0.15, 0.2) is 60.7 Å². The Kier molecular flexibility index (Phi) is 5.52. The molecule has 21 heavy (non-hydrogen) atoms. The monoisotopic (exact) mass is 283 g/mol. The van der Waals surface area contributed by atoms with E-state index in [0.717, 1.165) is 11.1 Å². The quantitative estimate of drug-likeness (QED) is 0.884. The Morgan fingerprint density at radius 2 is 1.62 bits per heavy atom. The molecule has 1 atom stereocenters. The maximum absolute atomic E-state index is 12.3.